The van der Waals surface area contributed by atoms with Crippen LogP contribution in [0.5, 0.6) is 5.75 Å². The molecule has 0 saturated heterocycles. The third-order valence-electron chi connectivity index (χ3n) is 2.81. The summed E-state index contributed by atoms with van der Waals surface area (Å²) in [5.41, 5.74) is 1.06. The monoisotopic (exact) mass is 370 g/mol. The highest BCUT2D eigenvalue weighted by atomic mass is 79.9. The molecular weight excluding hydrogens is 356 g/mol. The zero-order valence-electron chi connectivity index (χ0n) is 11.5. The lowest BCUT2D eigenvalue weighted by atomic mass is 10.1. The SMILES string of the molecule is COCCc1ccc(OS(=O)(=O)c2cccc(Br)c2)cc1. The van der Waals surface area contributed by atoms with Gasteiger partial charge in [-0.25, -0.2) is 0 Å². The van der Waals surface area contributed by atoms with Crippen molar-refractivity contribution in [2.75, 3.05) is 13.7 Å². The summed E-state index contributed by atoms with van der Waals surface area (Å²) < 4.78 is 35.1. The van der Waals surface area contributed by atoms with E-state index in [1.807, 2.05) is 12.1 Å². The molecule has 4 nitrogen and oxygen atoms in total. The number of halogens is 1. The smallest absolute Gasteiger partial charge is 0.339 e. The summed E-state index contributed by atoms with van der Waals surface area (Å²) in [5, 5.41) is 0. The van der Waals surface area contributed by atoms with Gasteiger partial charge in [0.25, 0.3) is 0 Å². The second kappa shape index (κ2) is 7.06. The standard InChI is InChI=1S/C15H15BrO4S/c1-19-10-9-12-5-7-14(8-6-12)20-21(17,18)15-4-2-3-13(16)11-15/h2-8,11H,9-10H2,1H3. The predicted octanol–water partition coefficient (Wildman–Crippen LogP) is 3.41. The van der Waals surface area contributed by atoms with Gasteiger partial charge in [0.1, 0.15) is 10.6 Å². The molecule has 2 rings (SSSR count). The lowest BCUT2D eigenvalue weighted by Crippen LogP contribution is -2.09. The van der Waals surface area contributed by atoms with Crippen LogP contribution in [0.1, 0.15) is 5.56 Å². The Morgan fingerprint density at radius 1 is 1.10 bits per heavy atom. The number of hydrogen-bond acceptors (Lipinski definition) is 4. The molecule has 0 aliphatic rings. The minimum Gasteiger partial charge on any atom is -0.384 e. The van der Waals surface area contributed by atoms with Crippen molar-refractivity contribution in [3.05, 3.63) is 58.6 Å². The number of methoxy groups -OCH3 is 1. The Kier molecular flexibility index (Phi) is 5.39. The zero-order chi connectivity index (χ0) is 15.3. The first-order valence-corrected chi connectivity index (χ1v) is 8.49. The average Bonchev–Trinajstić information content (AvgIpc) is 2.46. The van der Waals surface area contributed by atoms with E-state index in [1.165, 1.54) is 12.1 Å². The topological polar surface area (TPSA) is 52.6 Å². The quantitative estimate of drug-likeness (QED) is 0.731. The Morgan fingerprint density at radius 2 is 1.81 bits per heavy atom. The minimum absolute atomic E-state index is 0.111. The maximum absolute atomic E-state index is 12.1. The third-order valence-corrected chi connectivity index (χ3v) is 4.55. The summed E-state index contributed by atoms with van der Waals surface area (Å²) in [6.07, 6.45) is 0.773. The molecule has 0 aromatic heterocycles. The molecule has 0 unspecified atom stereocenters. The third kappa shape index (κ3) is 4.56. The van der Waals surface area contributed by atoms with Crippen molar-refractivity contribution in [3.8, 4) is 5.75 Å². The Hall–Kier alpha value is -1.37. The second-order valence-corrected chi connectivity index (χ2v) is 6.84. The van der Waals surface area contributed by atoms with Crippen molar-refractivity contribution in [3.63, 3.8) is 0 Å². The summed E-state index contributed by atoms with van der Waals surface area (Å²) in [4.78, 5) is 0.111. The first-order valence-electron chi connectivity index (χ1n) is 6.29. The van der Waals surface area contributed by atoms with Crippen LogP contribution in [0.25, 0.3) is 0 Å². The van der Waals surface area contributed by atoms with Gasteiger partial charge in [0, 0.05) is 11.6 Å². The maximum atomic E-state index is 12.1. The van der Waals surface area contributed by atoms with Gasteiger partial charge in [-0.15, -0.1) is 0 Å². The van der Waals surface area contributed by atoms with Gasteiger partial charge in [0.2, 0.25) is 0 Å². The number of rotatable bonds is 6. The molecule has 0 bridgehead atoms. The molecule has 0 radical (unpaired) electrons. The molecule has 0 aliphatic heterocycles. The molecule has 112 valence electrons. The van der Waals surface area contributed by atoms with E-state index in [0.29, 0.717) is 11.1 Å². The highest BCUT2D eigenvalue weighted by molar-refractivity contribution is 9.10. The van der Waals surface area contributed by atoms with E-state index in [2.05, 4.69) is 15.9 Å². The molecule has 0 amide bonds. The number of benzene rings is 2. The molecule has 21 heavy (non-hydrogen) atoms. The molecule has 0 N–H and O–H groups in total. The number of ether oxygens (including phenoxy) is 1. The van der Waals surface area contributed by atoms with Crippen LogP contribution >= 0.6 is 15.9 Å². The van der Waals surface area contributed by atoms with Crippen LogP contribution in [0.3, 0.4) is 0 Å². The van der Waals surface area contributed by atoms with Crippen LogP contribution in [0.15, 0.2) is 57.9 Å². The van der Waals surface area contributed by atoms with E-state index in [9.17, 15) is 8.42 Å². The first kappa shape index (κ1) is 16.0. The fraction of sp³-hybridized carbons (Fsp3) is 0.200. The normalized spacial score (nSPS) is 11.3. The van der Waals surface area contributed by atoms with Crippen molar-refractivity contribution >= 4 is 26.0 Å². The van der Waals surface area contributed by atoms with Gasteiger partial charge < -0.3 is 8.92 Å². The van der Waals surface area contributed by atoms with Crippen molar-refractivity contribution in [1.82, 2.24) is 0 Å². The minimum atomic E-state index is -3.82. The maximum Gasteiger partial charge on any atom is 0.339 e. The van der Waals surface area contributed by atoms with Crippen molar-refractivity contribution in [1.29, 1.82) is 0 Å². The van der Waals surface area contributed by atoms with Gasteiger partial charge in [0.05, 0.1) is 6.61 Å². The zero-order valence-corrected chi connectivity index (χ0v) is 13.9. The molecule has 0 fully saturated rings. The van der Waals surface area contributed by atoms with Crippen LogP contribution in [0.2, 0.25) is 0 Å². The van der Waals surface area contributed by atoms with Gasteiger partial charge in [-0.05, 0) is 42.3 Å². The van der Waals surface area contributed by atoms with Crippen LogP contribution < -0.4 is 4.18 Å². The van der Waals surface area contributed by atoms with Crippen molar-refractivity contribution < 1.29 is 17.3 Å². The van der Waals surface area contributed by atoms with Crippen LogP contribution in [0, 0.1) is 0 Å². The summed E-state index contributed by atoms with van der Waals surface area (Å²) >= 11 is 3.24. The van der Waals surface area contributed by atoms with E-state index < -0.39 is 10.1 Å². The predicted molar refractivity (Wildman–Crippen MR) is 84.0 cm³/mol. The summed E-state index contributed by atoms with van der Waals surface area (Å²) in [5.74, 6) is 0.288. The van der Waals surface area contributed by atoms with Gasteiger partial charge >= 0.3 is 10.1 Å². The molecule has 0 spiro atoms. The van der Waals surface area contributed by atoms with E-state index >= 15 is 0 Å². The Morgan fingerprint density at radius 3 is 2.43 bits per heavy atom. The highest BCUT2D eigenvalue weighted by Crippen LogP contribution is 2.21. The van der Waals surface area contributed by atoms with Gasteiger partial charge in [-0.2, -0.15) is 8.42 Å². The largest absolute Gasteiger partial charge is 0.384 e. The summed E-state index contributed by atoms with van der Waals surface area (Å²) in [6.45, 7) is 0.622. The van der Waals surface area contributed by atoms with Crippen LogP contribution in [-0.2, 0) is 21.3 Å². The number of hydrogen-bond donors (Lipinski definition) is 0. The summed E-state index contributed by atoms with van der Waals surface area (Å²) in [6, 6.07) is 13.3. The van der Waals surface area contributed by atoms with E-state index in [-0.39, 0.29) is 10.6 Å². The highest BCUT2D eigenvalue weighted by Gasteiger charge is 2.16. The molecule has 0 atom stereocenters. The molecule has 6 heteroatoms. The van der Waals surface area contributed by atoms with Gasteiger partial charge in [-0.3, -0.25) is 0 Å². The average molecular weight is 371 g/mol. The lowest BCUT2D eigenvalue weighted by molar-refractivity contribution is 0.202. The molecule has 0 saturated carbocycles. The molecule has 2 aromatic carbocycles. The van der Waals surface area contributed by atoms with Crippen molar-refractivity contribution in [2.24, 2.45) is 0 Å². The van der Waals surface area contributed by atoms with E-state index in [4.69, 9.17) is 8.92 Å². The Bertz CT molecular complexity index is 696. The molecule has 0 aliphatic carbocycles. The fourth-order valence-corrected chi connectivity index (χ4v) is 3.26. The lowest BCUT2D eigenvalue weighted by Gasteiger charge is -2.08. The second-order valence-electron chi connectivity index (χ2n) is 4.38. The first-order chi connectivity index (χ1) is 10.0. The van der Waals surface area contributed by atoms with Gasteiger partial charge in [-0.1, -0.05) is 34.1 Å². The van der Waals surface area contributed by atoms with Gasteiger partial charge in [0.15, 0.2) is 0 Å². The molecule has 2 aromatic rings. The Balaban J connectivity index is 2.13. The van der Waals surface area contributed by atoms with Crippen LogP contribution in [-0.4, -0.2) is 22.1 Å². The van der Waals surface area contributed by atoms with Crippen LogP contribution in [0.4, 0.5) is 0 Å². The molecular formula is C15H15BrO4S. The molecule has 0 heterocycles. The van der Waals surface area contributed by atoms with E-state index in [1.54, 1.807) is 31.4 Å². The fourth-order valence-electron chi connectivity index (χ4n) is 1.73. The summed E-state index contributed by atoms with van der Waals surface area (Å²) in [7, 11) is -2.18. The Labute approximate surface area is 133 Å². The van der Waals surface area contributed by atoms with Crippen molar-refractivity contribution in [2.45, 2.75) is 11.3 Å². The van der Waals surface area contributed by atoms with E-state index in [0.717, 1.165) is 12.0 Å².